The molecule has 30 heavy (non-hydrogen) atoms. The van der Waals surface area contributed by atoms with Gasteiger partial charge in [0.2, 0.25) is 0 Å². The molecule has 0 bridgehead atoms. The van der Waals surface area contributed by atoms with Crippen molar-refractivity contribution in [3.05, 3.63) is 64.2 Å². The van der Waals surface area contributed by atoms with E-state index in [4.69, 9.17) is 0 Å². The van der Waals surface area contributed by atoms with Crippen molar-refractivity contribution in [2.24, 2.45) is 5.92 Å². The molecule has 1 N–H and O–H groups in total. The molecule has 8 heteroatoms. The van der Waals surface area contributed by atoms with Crippen LogP contribution in [-0.2, 0) is 10.0 Å². The Morgan fingerprint density at radius 1 is 1.00 bits per heavy atom. The van der Waals surface area contributed by atoms with Gasteiger partial charge >= 0.3 is 0 Å². The van der Waals surface area contributed by atoms with Gasteiger partial charge in [0.25, 0.3) is 10.0 Å². The summed E-state index contributed by atoms with van der Waals surface area (Å²) in [5.74, 6) is 1.65. The Morgan fingerprint density at radius 2 is 1.73 bits per heavy atom. The van der Waals surface area contributed by atoms with E-state index < -0.39 is 10.0 Å². The van der Waals surface area contributed by atoms with Gasteiger partial charge in [0.15, 0.2) is 5.82 Å². The third kappa shape index (κ3) is 4.92. The maximum Gasteiger partial charge on any atom is 0.261 e. The molecule has 2 aromatic carbocycles. The summed E-state index contributed by atoms with van der Waals surface area (Å²) in [6.07, 6.45) is 2.35. The summed E-state index contributed by atoms with van der Waals surface area (Å²) < 4.78 is 28.9. The fourth-order valence-corrected chi connectivity index (χ4v) is 4.86. The van der Waals surface area contributed by atoms with Crippen LogP contribution in [0, 0.1) is 9.49 Å². The quantitative estimate of drug-likeness (QED) is 0.477. The van der Waals surface area contributed by atoms with Crippen LogP contribution in [0.25, 0.3) is 11.3 Å². The van der Waals surface area contributed by atoms with E-state index in [1.807, 2.05) is 24.3 Å². The van der Waals surface area contributed by atoms with Crippen LogP contribution in [0.15, 0.2) is 65.6 Å². The van der Waals surface area contributed by atoms with E-state index >= 15 is 0 Å². The first-order chi connectivity index (χ1) is 14.4. The fraction of sp³-hybridized carbons (Fsp3) is 0.273. The van der Waals surface area contributed by atoms with Crippen LogP contribution in [-0.4, -0.2) is 31.7 Å². The van der Waals surface area contributed by atoms with Gasteiger partial charge in [-0.15, -0.1) is 10.2 Å². The molecule has 1 fully saturated rings. The molecule has 156 valence electrons. The van der Waals surface area contributed by atoms with Gasteiger partial charge in [0.05, 0.1) is 10.6 Å². The molecule has 2 heterocycles. The zero-order valence-corrected chi connectivity index (χ0v) is 19.6. The van der Waals surface area contributed by atoms with Crippen LogP contribution in [0.5, 0.6) is 0 Å². The Bertz CT molecular complexity index is 1110. The highest BCUT2D eigenvalue weighted by atomic mass is 127. The standard InChI is InChI=1S/C22H23IN4O2S/c1-16-11-13-27(14-12-16)22-10-9-21(24-25-22)17-3-2-4-19(15-17)26-30(28,29)20-7-5-18(23)6-8-20/h2-10,15-16,26H,11-14H2,1H3. The highest BCUT2D eigenvalue weighted by Crippen LogP contribution is 2.25. The highest BCUT2D eigenvalue weighted by molar-refractivity contribution is 14.1. The largest absolute Gasteiger partial charge is 0.355 e. The van der Waals surface area contributed by atoms with Crippen LogP contribution in [0.4, 0.5) is 11.5 Å². The van der Waals surface area contributed by atoms with E-state index in [9.17, 15) is 8.42 Å². The minimum atomic E-state index is -3.65. The van der Waals surface area contributed by atoms with Crippen molar-refractivity contribution in [2.45, 2.75) is 24.7 Å². The number of nitrogens with one attached hydrogen (secondary N) is 1. The lowest BCUT2D eigenvalue weighted by Crippen LogP contribution is -2.33. The van der Waals surface area contributed by atoms with E-state index in [2.05, 4.69) is 49.3 Å². The summed E-state index contributed by atoms with van der Waals surface area (Å²) in [5, 5.41) is 8.78. The number of piperidine rings is 1. The number of sulfonamides is 1. The molecule has 6 nitrogen and oxygen atoms in total. The molecular weight excluding hydrogens is 511 g/mol. The molecule has 0 radical (unpaired) electrons. The number of nitrogens with zero attached hydrogens (tertiary/aromatic N) is 3. The monoisotopic (exact) mass is 534 g/mol. The van der Waals surface area contributed by atoms with Crippen LogP contribution in [0.2, 0.25) is 0 Å². The van der Waals surface area contributed by atoms with Gasteiger partial charge in [-0.05, 0) is 89.9 Å². The lowest BCUT2D eigenvalue weighted by Gasteiger charge is -2.30. The molecule has 0 unspecified atom stereocenters. The fourth-order valence-electron chi connectivity index (χ4n) is 3.46. The Hall–Kier alpha value is -2.20. The first-order valence-corrected chi connectivity index (χ1v) is 12.4. The van der Waals surface area contributed by atoms with E-state index in [-0.39, 0.29) is 4.90 Å². The molecule has 1 aromatic heterocycles. The van der Waals surface area contributed by atoms with Crippen molar-refractivity contribution >= 4 is 44.1 Å². The molecule has 3 aromatic rings. The zero-order chi connectivity index (χ0) is 21.1. The van der Waals surface area contributed by atoms with Crippen LogP contribution in [0.3, 0.4) is 0 Å². The molecule has 1 saturated heterocycles. The average Bonchev–Trinajstić information content (AvgIpc) is 2.75. The van der Waals surface area contributed by atoms with E-state index in [1.165, 1.54) is 12.8 Å². The van der Waals surface area contributed by atoms with Crippen molar-refractivity contribution in [3.8, 4) is 11.3 Å². The molecule has 0 atom stereocenters. The molecule has 0 saturated carbocycles. The van der Waals surface area contributed by atoms with Crippen molar-refractivity contribution in [3.63, 3.8) is 0 Å². The number of halogens is 1. The third-order valence-electron chi connectivity index (χ3n) is 5.29. The van der Waals surface area contributed by atoms with Crippen LogP contribution >= 0.6 is 22.6 Å². The van der Waals surface area contributed by atoms with Gasteiger partial charge in [0, 0.05) is 27.9 Å². The van der Waals surface area contributed by atoms with E-state index in [1.54, 1.807) is 36.4 Å². The Morgan fingerprint density at radius 3 is 2.40 bits per heavy atom. The van der Waals surface area contributed by atoms with Crippen molar-refractivity contribution < 1.29 is 8.42 Å². The topological polar surface area (TPSA) is 75.2 Å². The SMILES string of the molecule is CC1CCN(c2ccc(-c3cccc(NS(=O)(=O)c4ccc(I)cc4)c3)nn2)CC1. The summed E-state index contributed by atoms with van der Waals surface area (Å²) in [4.78, 5) is 2.50. The van der Waals surface area contributed by atoms with E-state index in [0.29, 0.717) is 11.4 Å². The van der Waals surface area contributed by atoms with Gasteiger partial charge in [-0.1, -0.05) is 19.1 Å². The number of anilines is 2. The second kappa shape index (κ2) is 8.89. The Kier molecular flexibility index (Phi) is 6.24. The molecule has 0 amide bonds. The average molecular weight is 534 g/mol. The van der Waals surface area contributed by atoms with Crippen LogP contribution in [0.1, 0.15) is 19.8 Å². The number of hydrogen-bond acceptors (Lipinski definition) is 5. The van der Waals surface area contributed by atoms with Gasteiger partial charge in [-0.2, -0.15) is 0 Å². The molecular formula is C22H23IN4O2S. The number of benzene rings is 2. The van der Waals surface area contributed by atoms with E-state index in [0.717, 1.165) is 34.0 Å². The van der Waals surface area contributed by atoms with Gasteiger partial charge in [0.1, 0.15) is 0 Å². The summed E-state index contributed by atoms with van der Waals surface area (Å²) >= 11 is 2.15. The van der Waals surface area contributed by atoms with Gasteiger partial charge in [-0.3, -0.25) is 4.72 Å². The maximum atomic E-state index is 12.7. The zero-order valence-electron chi connectivity index (χ0n) is 16.6. The van der Waals surface area contributed by atoms with Crippen molar-refractivity contribution in [1.82, 2.24) is 10.2 Å². The van der Waals surface area contributed by atoms with Crippen LogP contribution < -0.4 is 9.62 Å². The lowest BCUT2D eigenvalue weighted by atomic mass is 9.99. The predicted molar refractivity (Wildman–Crippen MR) is 128 cm³/mol. The second-order valence-corrected chi connectivity index (χ2v) is 10.5. The van der Waals surface area contributed by atoms with Crippen molar-refractivity contribution in [1.29, 1.82) is 0 Å². The molecule has 4 rings (SSSR count). The first-order valence-electron chi connectivity index (χ1n) is 9.88. The minimum absolute atomic E-state index is 0.230. The highest BCUT2D eigenvalue weighted by Gasteiger charge is 2.18. The summed E-state index contributed by atoms with van der Waals surface area (Å²) in [7, 11) is -3.65. The Labute approximate surface area is 190 Å². The number of hydrogen-bond donors (Lipinski definition) is 1. The first kappa shape index (κ1) is 21.0. The second-order valence-electron chi connectivity index (χ2n) is 7.59. The molecule has 1 aliphatic rings. The molecule has 0 spiro atoms. The third-order valence-corrected chi connectivity index (χ3v) is 7.41. The van der Waals surface area contributed by atoms with Crippen molar-refractivity contribution in [2.75, 3.05) is 22.7 Å². The Balaban J connectivity index is 1.51. The minimum Gasteiger partial charge on any atom is -0.355 e. The smallest absolute Gasteiger partial charge is 0.261 e. The predicted octanol–water partition coefficient (Wildman–Crippen LogP) is 4.79. The summed E-state index contributed by atoms with van der Waals surface area (Å²) in [6.45, 7) is 4.29. The molecule has 1 aliphatic heterocycles. The number of aromatic nitrogens is 2. The van der Waals surface area contributed by atoms with Gasteiger partial charge in [-0.25, -0.2) is 8.42 Å². The maximum absolute atomic E-state index is 12.7. The lowest BCUT2D eigenvalue weighted by molar-refractivity contribution is 0.436. The number of rotatable bonds is 5. The normalized spacial score (nSPS) is 15.2. The summed E-state index contributed by atoms with van der Waals surface area (Å²) in [5.41, 5.74) is 2.01. The van der Waals surface area contributed by atoms with Gasteiger partial charge < -0.3 is 4.90 Å². The molecule has 0 aliphatic carbocycles. The summed E-state index contributed by atoms with van der Waals surface area (Å²) in [6, 6.07) is 17.9.